The Labute approximate surface area is 350 Å². The molecule has 2 heteroatoms. The van der Waals surface area contributed by atoms with Crippen molar-refractivity contribution in [3.63, 3.8) is 0 Å². The average Bonchev–Trinajstić information content (AvgIpc) is 3.67. The summed E-state index contributed by atoms with van der Waals surface area (Å²) in [5.41, 5.74) is 16.4. The van der Waals surface area contributed by atoms with Crippen molar-refractivity contribution in [2.24, 2.45) is 0 Å². The number of anilines is 3. The largest absolute Gasteiger partial charge is 0.310 e. The van der Waals surface area contributed by atoms with Crippen LogP contribution in [0.1, 0.15) is 0 Å². The van der Waals surface area contributed by atoms with Gasteiger partial charge >= 0.3 is 0 Å². The standard InChI is InChI=1S/C58H40N2/c1-3-16-41(17-4-1)43-30-34-47(35-31-43)59(48-36-32-44(33-37-48)46-21-15-20-45(40-46)42-18-5-2-6-19-42)58-39-38-50(49-22-7-8-23-51(49)58)52-24-9-12-27-55(52)60-56-28-13-10-25-53(56)54-26-11-14-29-57(54)60/h1-40H. The maximum absolute atomic E-state index is 2.43. The van der Waals surface area contributed by atoms with Crippen molar-refractivity contribution in [1.82, 2.24) is 4.57 Å². The summed E-state index contributed by atoms with van der Waals surface area (Å²) >= 11 is 0. The number of benzene rings is 10. The van der Waals surface area contributed by atoms with Gasteiger partial charge in [-0.3, -0.25) is 0 Å². The van der Waals surface area contributed by atoms with Gasteiger partial charge in [-0.25, -0.2) is 0 Å². The zero-order valence-corrected chi connectivity index (χ0v) is 33.0. The van der Waals surface area contributed by atoms with Gasteiger partial charge in [0.05, 0.1) is 22.4 Å². The van der Waals surface area contributed by atoms with Crippen molar-refractivity contribution < 1.29 is 0 Å². The summed E-state index contributed by atoms with van der Waals surface area (Å²) in [6, 6.07) is 87.8. The van der Waals surface area contributed by atoms with E-state index >= 15 is 0 Å². The lowest BCUT2D eigenvalue weighted by Gasteiger charge is -2.28. The van der Waals surface area contributed by atoms with Crippen LogP contribution in [0.4, 0.5) is 17.1 Å². The van der Waals surface area contributed by atoms with Gasteiger partial charge in [0.1, 0.15) is 0 Å². The van der Waals surface area contributed by atoms with Gasteiger partial charge < -0.3 is 9.47 Å². The zero-order chi connectivity index (χ0) is 39.8. The quantitative estimate of drug-likeness (QED) is 0.150. The average molecular weight is 765 g/mol. The molecular weight excluding hydrogens is 725 g/mol. The van der Waals surface area contributed by atoms with E-state index in [1.807, 2.05) is 0 Å². The van der Waals surface area contributed by atoms with E-state index in [2.05, 4.69) is 252 Å². The van der Waals surface area contributed by atoms with Gasteiger partial charge in [0.2, 0.25) is 0 Å². The van der Waals surface area contributed by atoms with Gasteiger partial charge in [-0.05, 0) is 98.9 Å². The summed E-state index contributed by atoms with van der Waals surface area (Å²) in [6.45, 7) is 0. The molecule has 0 bridgehead atoms. The predicted molar refractivity (Wildman–Crippen MR) is 255 cm³/mol. The third kappa shape index (κ3) is 6.23. The lowest BCUT2D eigenvalue weighted by atomic mass is 9.94. The smallest absolute Gasteiger partial charge is 0.0541 e. The summed E-state index contributed by atoms with van der Waals surface area (Å²) in [5, 5.41) is 4.89. The minimum atomic E-state index is 1.09. The Morgan fingerprint density at radius 3 is 1.30 bits per heavy atom. The highest BCUT2D eigenvalue weighted by atomic mass is 15.1. The van der Waals surface area contributed by atoms with Crippen molar-refractivity contribution >= 4 is 49.6 Å². The second-order valence-corrected chi connectivity index (χ2v) is 15.3. The Hall–Kier alpha value is -7.94. The summed E-state index contributed by atoms with van der Waals surface area (Å²) < 4.78 is 2.43. The van der Waals surface area contributed by atoms with Gasteiger partial charge in [-0.15, -0.1) is 0 Å². The molecule has 0 unspecified atom stereocenters. The number of rotatable bonds is 8. The van der Waals surface area contributed by atoms with Crippen LogP contribution in [0.25, 0.3) is 82.8 Å². The number of hydrogen-bond donors (Lipinski definition) is 0. The van der Waals surface area contributed by atoms with Crippen LogP contribution in [0.2, 0.25) is 0 Å². The zero-order valence-electron chi connectivity index (χ0n) is 33.0. The SMILES string of the molecule is c1ccc(-c2ccc(N(c3ccc(-c4cccc(-c5ccccc5)c4)cc3)c3ccc(-c4ccccc4-n4c5ccccc5c5ccccc54)c4ccccc34)cc2)cc1. The molecule has 0 aliphatic rings. The first-order valence-corrected chi connectivity index (χ1v) is 20.6. The van der Waals surface area contributed by atoms with Crippen molar-refractivity contribution in [3.05, 3.63) is 243 Å². The molecule has 1 heterocycles. The molecule has 282 valence electrons. The molecule has 11 aromatic rings. The molecule has 2 nitrogen and oxygen atoms in total. The lowest BCUT2D eigenvalue weighted by Crippen LogP contribution is -2.10. The maximum Gasteiger partial charge on any atom is 0.0541 e. The van der Waals surface area contributed by atoms with E-state index in [0.29, 0.717) is 0 Å². The summed E-state index contributed by atoms with van der Waals surface area (Å²) in [5.74, 6) is 0. The molecule has 0 amide bonds. The first kappa shape index (κ1) is 35.2. The molecule has 0 fully saturated rings. The topological polar surface area (TPSA) is 8.17 Å². The van der Waals surface area contributed by atoms with Gasteiger partial charge in [0.15, 0.2) is 0 Å². The second-order valence-electron chi connectivity index (χ2n) is 15.3. The van der Waals surface area contributed by atoms with E-state index in [9.17, 15) is 0 Å². The Kier molecular flexibility index (Phi) is 8.87. The fraction of sp³-hybridized carbons (Fsp3) is 0. The third-order valence-electron chi connectivity index (χ3n) is 11.8. The van der Waals surface area contributed by atoms with Crippen LogP contribution in [-0.4, -0.2) is 4.57 Å². The highest BCUT2D eigenvalue weighted by Crippen LogP contribution is 2.45. The molecule has 0 saturated heterocycles. The van der Waals surface area contributed by atoms with E-state index in [4.69, 9.17) is 0 Å². The molecule has 60 heavy (non-hydrogen) atoms. The number of hydrogen-bond acceptors (Lipinski definition) is 1. The Bertz CT molecular complexity index is 3240. The Morgan fingerprint density at radius 1 is 0.267 bits per heavy atom. The van der Waals surface area contributed by atoms with Crippen molar-refractivity contribution in [1.29, 1.82) is 0 Å². The van der Waals surface area contributed by atoms with Crippen LogP contribution in [0.15, 0.2) is 243 Å². The van der Waals surface area contributed by atoms with E-state index in [-0.39, 0.29) is 0 Å². The highest BCUT2D eigenvalue weighted by molar-refractivity contribution is 6.11. The molecule has 0 atom stereocenters. The minimum absolute atomic E-state index is 1.09. The second kappa shape index (κ2) is 15.1. The number of aromatic nitrogens is 1. The normalized spacial score (nSPS) is 11.3. The van der Waals surface area contributed by atoms with E-state index in [0.717, 1.165) is 22.7 Å². The molecule has 0 aliphatic heterocycles. The predicted octanol–water partition coefficient (Wildman–Crippen LogP) is 16.1. The van der Waals surface area contributed by atoms with E-state index in [1.165, 1.54) is 77.1 Å². The molecule has 0 saturated carbocycles. The van der Waals surface area contributed by atoms with Gasteiger partial charge in [0, 0.05) is 33.1 Å². The van der Waals surface area contributed by atoms with Crippen molar-refractivity contribution in [2.45, 2.75) is 0 Å². The monoisotopic (exact) mass is 764 g/mol. The summed E-state index contributed by atoms with van der Waals surface area (Å²) in [6.07, 6.45) is 0. The Balaban J connectivity index is 1.06. The molecule has 11 rings (SSSR count). The Morgan fingerprint density at radius 2 is 0.700 bits per heavy atom. The van der Waals surface area contributed by atoms with E-state index in [1.54, 1.807) is 0 Å². The minimum Gasteiger partial charge on any atom is -0.310 e. The first-order valence-electron chi connectivity index (χ1n) is 20.6. The molecular formula is C58H40N2. The van der Waals surface area contributed by atoms with Crippen molar-refractivity contribution in [3.8, 4) is 50.2 Å². The van der Waals surface area contributed by atoms with E-state index < -0.39 is 0 Å². The molecule has 0 aliphatic carbocycles. The van der Waals surface area contributed by atoms with Crippen LogP contribution >= 0.6 is 0 Å². The van der Waals surface area contributed by atoms with Crippen LogP contribution in [0.5, 0.6) is 0 Å². The van der Waals surface area contributed by atoms with Crippen LogP contribution in [-0.2, 0) is 0 Å². The van der Waals surface area contributed by atoms with Gasteiger partial charge in [-0.1, -0.05) is 188 Å². The van der Waals surface area contributed by atoms with Crippen LogP contribution in [0.3, 0.4) is 0 Å². The number of para-hydroxylation sites is 3. The number of fused-ring (bicyclic) bond motifs is 4. The first-order chi connectivity index (χ1) is 29.8. The third-order valence-corrected chi connectivity index (χ3v) is 11.8. The van der Waals surface area contributed by atoms with Crippen LogP contribution < -0.4 is 4.90 Å². The molecule has 0 radical (unpaired) electrons. The maximum atomic E-state index is 2.43. The summed E-state index contributed by atoms with van der Waals surface area (Å²) in [4.78, 5) is 2.41. The van der Waals surface area contributed by atoms with Gasteiger partial charge in [-0.2, -0.15) is 0 Å². The van der Waals surface area contributed by atoms with Crippen LogP contribution in [0, 0.1) is 0 Å². The molecule has 0 spiro atoms. The van der Waals surface area contributed by atoms with Gasteiger partial charge in [0.25, 0.3) is 0 Å². The molecule has 10 aromatic carbocycles. The fourth-order valence-corrected chi connectivity index (χ4v) is 8.96. The molecule has 0 N–H and O–H groups in total. The molecule has 1 aromatic heterocycles. The number of nitrogens with zero attached hydrogens (tertiary/aromatic N) is 2. The summed E-state index contributed by atoms with van der Waals surface area (Å²) in [7, 11) is 0. The van der Waals surface area contributed by atoms with Crippen molar-refractivity contribution in [2.75, 3.05) is 4.90 Å². The lowest BCUT2D eigenvalue weighted by molar-refractivity contribution is 1.18. The highest BCUT2D eigenvalue weighted by Gasteiger charge is 2.20. The fourth-order valence-electron chi connectivity index (χ4n) is 8.96.